The van der Waals surface area contributed by atoms with Crippen LogP contribution in [-0.2, 0) is 4.79 Å². The summed E-state index contributed by atoms with van der Waals surface area (Å²) in [6, 6.07) is 22.9. The minimum atomic E-state index is -0.736. The first-order valence-corrected chi connectivity index (χ1v) is 9.09. The monoisotopic (exact) mass is 394 g/mol. The molecule has 0 aromatic heterocycles. The van der Waals surface area contributed by atoms with Crippen molar-refractivity contribution in [1.82, 2.24) is 0 Å². The summed E-state index contributed by atoms with van der Waals surface area (Å²) >= 11 is 6.18. The fraction of sp³-hybridized carbons (Fsp3) is 0.0909. The van der Waals surface area contributed by atoms with E-state index in [4.69, 9.17) is 16.3 Å². The van der Waals surface area contributed by atoms with Crippen LogP contribution in [0.15, 0.2) is 78.9 Å². The number of halogens is 1. The van der Waals surface area contributed by atoms with Crippen molar-refractivity contribution in [3.05, 3.63) is 89.4 Å². The van der Waals surface area contributed by atoms with Gasteiger partial charge >= 0.3 is 0 Å². The van der Waals surface area contributed by atoms with E-state index >= 15 is 0 Å². The Labute approximate surface area is 168 Å². The lowest BCUT2D eigenvalue weighted by Gasteiger charge is -2.16. The Balaban J connectivity index is 1.69. The van der Waals surface area contributed by atoms with Crippen LogP contribution in [0.3, 0.4) is 0 Å². The third-order valence-electron chi connectivity index (χ3n) is 3.94. The standard InChI is InChI=1S/C22H19ClN2O3/c1-15(28-18-10-6-3-7-11-18)21(26)25-20-14-16(12-13-19(20)23)22(27)24-17-8-4-2-5-9-17/h2-15H,1H3,(H,24,27)(H,25,26)/t15-/m0/s1. The molecule has 2 amide bonds. The minimum absolute atomic E-state index is 0.299. The van der Waals surface area contributed by atoms with Crippen molar-refractivity contribution >= 4 is 34.8 Å². The number of para-hydroxylation sites is 2. The lowest BCUT2D eigenvalue weighted by Crippen LogP contribution is -2.30. The Hall–Kier alpha value is -3.31. The van der Waals surface area contributed by atoms with Gasteiger partial charge in [0.15, 0.2) is 6.10 Å². The smallest absolute Gasteiger partial charge is 0.265 e. The molecule has 3 rings (SSSR count). The van der Waals surface area contributed by atoms with Gasteiger partial charge in [0.05, 0.1) is 10.7 Å². The van der Waals surface area contributed by atoms with Crippen LogP contribution in [0.25, 0.3) is 0 Å². The summed E-state index contributed by atoms with van der Waals surface area (Å²) in [4.78, 5) is 24.9. The van der Waals surface area contributed by atoms with Gasteiger partial charge in [0.2, 0.25) is 0 Å². The first kappa shape index (κ1) is 19.5. The lowest BCUT2D eigenvalue weighted by molar-refractivity contribution is -0.122. The molecule has 5 nitrogen and oxygen atoms in total. The fourth-order valence-corrected chi connectivity index (χ4v) is 2.64. The van der Waals surface area contributed by atoms with Crippen LogP contribution in [0.2, 0.25) is 5.02 Å². The van der Waals surface area contributed by atoms with Crippen LogP contribution < -0.4 is 15.4 Å². The van der Waals surface area contributed by atoms with E-state index in [2.05, 4.69) is 10.6 Å². The van der Waals surface area contributed by atoms with Crippen LogP contribution in [0, 0.1) is 0 Å². The molecule has 3 aromatic carbocycles. The Morgan fingerprint density at radius 3 is 2.21 bits per heavy atom. The number of anilines is 2. The second-order valence-corrected chi connectivity index (χ2v) is 6.48. The fourth-order valence-electron chi connectivity index (χ4n) is 2.48. The highest BCUT2D eigenvalue weighted by Gasteiger charge is 2.17. The molecule has 0 unspecified atom stereocenters. The number of rotatable bonds is 6. The van der Waals surface area contributed by atoms with Crippen LogP contribution in [0.4, 0.5) is 11.4 Å². The number of ether oxygens (including phenoxy) is 1. The minimum Gasteiger partial charge on any atom is -0.481 e. The molecule has 28 heavy (non-hydrogen) atoms. The molecule has 142 valence electrons. The number of hydrogen-bond acceptors (Lipinski definition) is 3. The second-order valence-electron chi connectivity index (χ2n) is 6.08. The van der Waals surface area contributed by atoms with E-state index in [1.165, 1.54) is 6.07 Å². The molecular weight excluding hydrogens is 376 g/mol. The van der Waals surface area contributed by atoms with E-state index in [1.807, 2.05) is 36.4 Å². The second kappa shape index (κ2) is 9.06. The molecule has 0 aliphatic heterocycles. The van der Waals surface area contributed by atoms with E-state index in [0.29, 0.717) is 27.7 Å². The maximum Gasteiger partial charge on any atom is 0.265 e. The van der Waals surface area contributed by atoms with Gasteiger partial charge in [-0.1, -0.05) is 48.0 Å². The van der Waals surface area contributed by atoms with Gasteiger partial charge in [-0.2, -0.15) is 0 Å². The summed E-state index contributed by atoms with van der Waals surface area (Å²) in [5, 5.41) is 5.84. The Morgan fingerprint density at radius 1 is 0.893 bits per heavy atom. The molecule has 2 N–H and O–H groups in total. The van der Waals surface area contributed by atoms with Crippen molar-refractivity contribution in [2.75, 3.05) is 10.6 Å². The van der Waals surface area contributed by atoms with E-state index in [-0.39, 0.29) is 11.8 Å². The molecule has 3 aromatic rings. The van der Waals surface area contributed by atoms with E-state index < -0.39 is 6.10 Å². The number of carbonyl (C=O) groups is 2. The third-order valence-corrected chi connectivity index (χ3v) is 4.27. The van der Waals surface area contributed by atoms with Crippen LogP contribution in [0.1, 0.15) is 17.3 Å². The Bertz CT molecular complexity index is 962. The van der Waals surface area contributed by atoms with Crippen molar-refractivity contribution in [3.63, 3.8) is 0 Å². The van der Waals surface area contributed by atoms with Crippen LogP contribution in [0.5, 0.6) is 5.75 Å². The number of nitrogens with one attached hydrogen (secondary N) is 2. The topological polar surface area (TPSA) is 67.4 Å². The van der Waals surface area contributed by atoms with Gasteiger partial charge in [0, 0.05) is 11.3 Å². The number of carbonyl (C=O) groups excluding carboxylic acids is 2. The van der Waals surface area contributed by atoms with Gasteiger partial charge in [-0.3, -0.25) is 9.59 Å². The first-order valence-electron chi connectivity index (χ1n) is 8.71. The summed E-state index contributed by atoms with van der Waals surface area (Å²) < 4.78 is 5.61. The molecule has 0 spiro atoms. The molecule has 0 saturated carbocycles. The highest BCUT2D eigenvalue weighted by molar-refractivity contribution is 6.34. The third kappa shape index (κ3) is 5.11. The van der Waals surface area contributed by atoms with Gasteiger partial charge in [0.1, 0.15) is 5.75 Å². The summed E-state index contributed by atoms with van der Waals surface area (Å²) in [6.07, 6.45) is -0.736. The average Bonchev–Trinajstić information content (AvgIpc) is 2.71. The first-order chi connectivity index (χ1) is 13.5. The van der Waals surface area contributed by atoms with Crippen molar-refractivity contribution in [1.29, 1.82) is 0 Å². The maximum atomic E-state index is 12.4. The average molecular weight is 395 g/mol. The van der Waals surface area contributed by atoms with Gasteiger partial charge in [-0.15, -0.1) is 0 Å². The van der Waals surface area contributed by atoms with Crippen molar-refractivity contribution in [3.8, 4) is 5.75 Å². The van der Waals surface area contributed by atoms with Crippen LogP contribution >= 0.6 is 11.6 Å². The van der Waals surface area contributed by atoms with E-state index in [0.717, 1.165) is 0 Å². The summed E-state index contributed by atoms with van der Waals surface area (Å²) in [7, 11) is 0. The SMILES string of the molecule is C[C@H](Oc1ccccc1)C(=O)Nc1cc(C(=O)Nc2ccccc2)ccc1Cl. The van der Waals surface area contributed by atoms with Crippen molar-refractivity contribution in [2.24, 2.45) is 0 Å². The van der Waals surface area contributed by atoms with Gasteiger partial charge < -0.3 is 15.4 Å². The van der Waals surface area contributed by atoms with Gasteiger partial charge in [0.25, 0.3) is 11.8 Å². The molecule has 0 saturated heterocycles. The van der Waals surface area contributed by atoms with E-state index in [1.54, 1.807) is 43.3 Å². The molecule has 0 fully saturated rings. The number of hydrogen-bond donors (Lipinski definition) is 2. The lowest BCUT2D eigenvalue weighted by atomic mass is 10.1. The zero-order valence-electron chi connectivity index (χ0n) is 15.2. The number of benzene rings is 3. The predicted octanol–water partition coefficient (Wildman–Crippen LogP) is 5.00. The Morgan fingerprint density at radius 2 is 1.54 bits per heavy atom. The zero-order chi connectivity index (χ0) is 19.9. The molecule has 1 atom stereocenters. The van der Waals surface area contributed by atoms with Crippen LogP contribution in [-0.4, -0.2) is 17.9 Å². The number of amides is 2. The Kier molecular flexibility index (Phi) is 6.29. The summed E-state index contributed by atoms with van der Waals surface area (Å²) in [5.41, 5.74) is 1.40. The van der Waals surface area contributed by atoms with Gasteiger partial charge in [-0.25, -0.2) is 0 Å². The zero-order valence-corrected chi connectivity index (χ0v) is 15.9. The predicted molar refractivity (Wildman–Crippen MR) is 111 cm³/mol. The van der Waals surface area contributed by atoms with Gasteiger partial charge in [-0.05, 0) is 49.4 Å². The summed E-state index contributed by atoms with van der Waals surface area (Å²) in [6.45, 7) is 1.64. The highest BCUT2D eigenvalue weighted by Crippen LogP contribution is 2.24. The van der Waals surface area contributed by atoms with E-state index in [9.17, 15) is 9.59 Å². The van der Waals surface area contributed by atoms with Crippen molar-refractivity contribution < 1.29 is 14.3 Å². The quantitative estimate of drug-likeness (QED) is 0.618. The largest absolute Gasteiger partial charge is 0.481 e. The molecule has 0 aliphatic carbocycles. The molecular formula is C22H19ClN2O3. The molecule has 0 heterocycles. The molecule has 0 radical (unpaired) electrons. The highest BCUT2D eigenvalue weighted by atomic mass is 35.5. The van der Waals surface area contributed by atoms with Crippen molar-refractivity contribution in [2.45, 2.75) is 13.0 Å². The maximum absolute atomic E-state index is 12.4. The molecule has 6 heteroatoms. The molecule has 0 bridgehead atoms. The molecule has 0 aliphatic rings. The normalized spacial score (nSPS) is 11.4. The summed E-state index contributed by atoms with van der Waals surface area (Å²) in [5.74, 6) is -0.0782.